The van der Waals surface area contributed by atoms with Gasteiger partial charge in [0.1, 0.15) is 11.4 Å². The van der Waals surface area contributed by atoms with Crippen molar-refractivity contribution in [1.82, 2.24) is 4.90 Å². The summed E-state index contributed by atoms with van der Waals surface area (Å²) in [6.07, 6.45) is 6.44. The van der Waals surface area contributed by atoms with Crippen LogP contribution in [-0.2, 0) is 15.9 Å². The Kier molecular flexibility index (Phi) is 8.62. The predicted octanol–water partition coefficient (Wildman–Crippen LogP) is 5.53. The SMILES string of the molecule is COC(CCCc1ccc(SC)c(F)c1)C1CCN(C(=O)OC(C)(C)C)CC1. The van der Waals surface area contributed by atoms with Gasteiger partial charge < -0.3 is 14.4 Å². The van der Waals surface area contributed by atoms with Gasteiger partial charge in [-0.1, -0.05) is 6.07 Å². The first kappa shape index (κ1) is 23.0. The minimum absolute atomic E-state index is 0.136. The van der Waals surface area contributed by atoms with Crippen LogP contribution in [0, 0.1) is 11.7 Å². The summed E-state index contributed by atoms with van der Waals surface area (Å²) >= 11 is 1.43. The Morgan fingerprint density at radius 1 is 1.32 bits per heavy atom. The maximum Gasteiger partial charge on any atom is 0.410 e. The molecule has 28 heavy (non-hydrogen) atoms. The van der Waals surface area contributed by atoms with Crippen molar-refractivity contribution in [3.05, 3.63) is 29.6 Å². The highest BCUT2D eigenvalue weighted by atomic mass is 32.2. The van der Waals surface area contributed by atoms with Gasteiger partial charge >= 0.3 is 6.09 Å². The minimum Gasteiger partial charge on any atom is -0.444 e. The zero-order valence-corrected chi connectivity index (χ0v) is 18.6. The number of benzene rings is 1. The number of ether oxygens (including phenoxy) is 2. The number of likely N-dealkylation sites (tertiary alicyclic amines) is 1. The number of halogens is 1. The molecule has 1 heterocycles. The van der Waals surface area contributed by atoms with Crippen LogP contribution in [0.2, 0.25) is 0 Å². The number of nitrogens with zero attached hydrogens (tertiary/aromatic N) is 1. The third-order valence-electron chi connectivity index (χ3n) is 5.19. The second-order valence-corrected chi connectivity index (χ2v) is 9.29. The monoisotopic (exact) mass is 411 g/mol. The van der Waals surface area contributed by atoms with E-state index < -0.39 is 5.60 Å². The molecule has 2 rings (SSSR count). The third kappa shape index (κ3) is 6.96. The molecule has 1 atom stereocenters. The van der Waals surface area contributed by atoms with E-state index >= 15 is 0 Å². The molecule has 158 valence electrons. The van der Waals surface area contributed by atoms with Gasteiger partial charge in [0.15, 0.2) is 0 Å². The lowest BCUT2D eigenvalue weighted by molar-refractivity contribution is -0.00435. The van der Waals surface area contributed by atoms with Gasteiger partial charge in [-0.05, 0) is 82.7 Å². The Morgan fingerprint density at radius 3 is 2.54 bits per heavy atom. The summed E-state index contributed by atoms with van der Waals surface area (Å²) in [7, 11) is 1.76. The normalized spacial score (nSPS) is 16.9. The molecule has 0 aromatic heterocycles. The van der Waals surface area contributed by atoms with Gasteiger partial charge in [-0.3, -0.25) is 0 Å². The number of hydrogen-bond donors (Lipinski definition) is 0. The lowest BCUT2D eigenvalue weighted by Gasteiger charge is -2.36. The second-order valence-electron chi connectivity index (χ2n) is 8.44. The van der Waals surface area contributed by atoms with Crippen LogP contribution in [0.1, 0.15) is 52.0 Å². The van der Waals surface area contributed by atoms with Gasteiger partial charge in [-0.2, -0.15) is 0 Å². The van der Waals surface area contributed by atoms with E-state index in [-0.39, 0.29) is 18.0 Å². The first-order valence-electron chi connectivity index (χ1n) is 10.1. The Bertz CT molecular complexity index is 639. The van der Waals surface area contributed by atoms with Gasteiger partial charge in [0.2, 0.25) is 0 Å². The van der Waals surface area contributed by atoms with Crippen LogP contribution in [0.3, 0.4) is 0 Å². The van der Waals surface area contributed by atoms with E-state index in [9.17, 15) is 9.18 Å². The molecule has 0 aliphatic carbocycles. The molecule has 1 aliphatic rings. The third-order valence-corrected chi connectivity index (χ3v) is 5.96. The van der Waals surface area contributed by atoms with Crippen LogP contribution in [0.15, 0.2) is 23.1 Å². The lowest BCUT2D eigenvalue weighted by Crippen LogP contribution is -2.43. The molecule has 1 amide bonds. The van der Waals surface area contributed by atoms with E-state index in [0.717, 1.165) is 37.7 Å². The van der Waals surface area contributed by atoms with Gasteiger partial charge in [-0.15, -0.1) is 11.8 Å². The standard InChI is InChI=1S/C22H34FNO3S/c1-22(2,3)27-21(25)24-13-11-17(12-14-24)19(26-4)8-6-7-16-9-10-20(28-5)18(23)15-16/h9-10,15,17,19H,6-8,11-14H2,1-5H3. The average molecular weight is 412 g/mol. The zero-order valence-electron chi connectivity index (χ0n) is 17.8. The number of carbonyl (C=O) groups excluding carboxylic acids is 1. The van der Waals surface area contributed by atoms with Crippen molar-refractivity contribution in [3.8, 4) is 0 Å². The Hall–Kier alpha value is -1.27. The molecule has 4 nitrogen and oxygen atoms in total. The van der Waals surface area contributed by atoms with E-state index in [1.807, 2.05) is 39.2 Å². The van der Waals surface area contributed by atoms with Crippen molar-refractivity contribution >= 4 is 17.9 Å². The first-order valence-corrected chi connectivity index (χ1v) is 11.3. The van der Waals surface area contributed by atoms with Crippen LogP contribution in [-0.4, -0.2) is 49.2 Å². The van der Waals surface area contributed by atoms with Crippen LogP contribution < -0.4 is 0 Å². The number of amides is 1. The molecule has 1 aromatic rings. The van der Waals surface area contributed by atoms with Crippen molar-refractivity contribution in [2.24, 2.45) is 5.92 Å². The Morgan fingerprint density at radius 2 is 2.00 bits per heavy atom. The van der Waals surface area contributed by atoms with Crippen LogP contribution in [0.5, 0.6) is 0 Å². The highest BCUT2D eigenvalue weighted by Gasteiger charge is 2.30. The maximum absolute atomic E-state index is 13.9. The summed E-state index contributed by atoms with van der Waals surface area (Å²) in [5.41, 5.74) is 0.570. The molecule has 0 N–H and O–H groups in total. The van der Waals surface area contributed by atoms with Crippen molar-refractivity contribution in [1.29, 1.82) is 0 Å². The number of carbonyl (C=O) groups is 1. The molecule has 0 saturated carbocycles. The summed E-state index contributed by atoms with van der Waals surface area (Å²) in [5, 5.41) is 0. The average Bonchev–Trinajstić information content (AvgIpc) is 2.64. The first-order chi connectivity index (χ1) is 13.2. The molecule has 1 aliphatic heterocycles. The van der Waals surface area contributed by atoms with E-state index in [1.54, 1.807) is 18.1 Å². The van der Waals surface area contributed by atoms with E-state index in [4.69, 9.17) is 9.47 Å². The molecule has 1 fully saturated rings. The molecule has 0 bridgehead atoms. The summed E-state index contributed by atoms with van der Waals surface area (Å²) in [6.45, 7) is 7.08. The summed E-state index contributed by atoms with van der Waals surface area (Å²) in [5.74, 6) is 0.307. The molecular weight excluding hydrogens is 377 g/mol. The maximum atomic E-state index is 13.9. The molecule has 6 heteroatoms. The van der Waals surface area contributed by atoms with E-state index in [0.29, 0.717) is 23.9 Å². The number of rotatable bonds is 7. The number of hydrogen-bond acceptors (Lipinski definition) is 4. The minimum atomic E-state index is -0.462. The quantitative estimate of drug-likeness (QED) is 0.553. The van der Waals surface area contributed by atoms with Crippen molar-refractivity contribution in [2.75, 3.05) is 26.5 Å². The molecular formula is C22H34FNO3S. The highest BCUT2D eigenvalue weighted by molar-refractivity contribution is 7.98. The van der Waals surface area contributed by atoms with Gasteiger partial charge in [0.25, 0.3) is 0 Å². The smallest absolute Gasteiger partial charge is 0.410 e. The number of piperidine rings is 1. The number of aryl methyl sites for hydroxylation is 1. The predicted molar refractivity (Wildman–Crippen MR) is 112 cm³/mol. The topological polar surface area (TPSA) is 38.8 Å². The van der Waals surface area contributed by atoms with Gasteiger partial charge in [0, 0.05) is 25.1 Å². The van der Waals surface area contributed by atoms with Crippen LogP contribution >= 0.6 is 11.8 Å². The van der Waals surface area contributed by atoms with Crippen LogP contribution in [0.4, 0.5) is 9.18 Å². The highest BCUT2D eigenvalue weighted by Crippen LogP contribution is 2.27. The van der Waals surface area contributed by atoms with Crippen molar-refractivity contribution < 1.29 is 18.7 Å². The largest absolute Gasteiger partial charge is 0.444 e. The van der Waals surface area contributed by atoms with Crippen LogP contribution in [0.25, 0.3) is 0 Å². The van der Waals surface area contributed by atoms with Crippen molar-refractivity contribution in [2.45, 2.75) is 69.5 Å². The molecule has 0 spiro atoms. The second kappa shape index (κ2) is 10.5. The van der Waals surface area contributed by atoms with Crippen molar-refractivity contribution in [3.63, 3.8) is 0 Å². The fourth-order valence-electron chi connectivity index (χ4n) is 3.70. The molecule has 1 saturated heterocycles. The molecule has 0 radical (unpaired) electrons. The summed E-state index contributed by atoms with van der Waals surface area (Å²) < 4.78 is 25.1. The van der Waals surface area contributed by atoms with E-state index in [1.165, 1.54) is 11.8 Å². The van der Waals surface area contributed by atoms with Gasteiger partial charge in [0.05, 0.1) is 6.10 Å². The fraction of sp³-hybridized carbons (Fsp3) is 0.682. The van der Waals surface area contributed by atoms with Gasteiger partial charge in [-0.25, -0.2) is 9.18 Å². The number of methoxy groups -OCH3 is 1. The van der Waals surface area contributed by atoms with E-state index in [2.05, 4.69) is 0 Å². The Balaban J connectivity index is 1.78. The lowest BCUT2D eigenvalue weighted by atomic mass is 9.88. The molecule has 1 unspecified atom stereocenters. The molecule has 1 aromatic carbocycles. The Labute approximate surface area is 173 Å². The zero-order chi connectivity index (χ0) is 20.7. The summed E-state index contributed by atoms with van der Waals surface area (Å²) in [6, 6.07) is 5.51. The number of thioether (sulfide) groups is 1. The fourth-order valence-corrected chi connectivity index (χ4v) is 4.16. The summed E-state index contributed by atoms with van der Waals surface area (Å²) in [4.78, 5) is 14.7.